The number of hydrogen-bond acceptors (Lipinski definition) is 5. The predicted molar refractivity (Wildman–Crippen MR) is 95.8 cm³/mol. The van der Waals surface area contributed by atoms with E-state index in [1.807, 2.05) is 44.2 Å². The second-order valence-corrected chi connectivity index (χ2v) is 5.71. The Morgan fingerprint density at radius 2 is 1.96 bits per heavy atom. The maximum absolute atomic E-state index is 6.05. The van der Waals surface area contributed by atoms with Crippen LogP contribution in [0, 0.1) is 13.8 Å². The van der Waals surface area contributed by atoms with Gasteiger partial charge in [0.2, 0.25) is 0 Å². The fourth-order valence-electron chi connectivity index (χ4n) is 2.55. The van der Waals surface area contributed by atoms with Crippen molar-refractivity contribution in [3.05, 3.63) is 82.7 Å². The van der Waals surface area contributed by atoms with E-state index >= 15 is 0 Å². The van der Waals surface area contributed by atoms with E-state index in [1.54, 1.807) is 12.3 Å². The van der Waals surface area contributed by atoms with Gasteiger partial charge in [-0.15, -0.1) is 0 Å². The van der Waals surface area contributed by atoms with E-state index in [-0.39, 0.29) is 0 Å². The molecule has 0 saturated carbocycles. The maximum atomic E-state index is 6.05. The second-order valence-electron chi connectivity index (χ2n) is 5.71. The molecule has 3 aromatic rings. The van der Waals surface area contributed by atoms with Crippen LogP contribution >= 0.6 is 0 Å². The van der Waals surface area contributed by atoms with Crippen LogP contribution in [-0.4, -0.2) is 18.0 Å². The molecule has 3 rings (SSSR count). The van der Waals surface area contributed by atoms with Gasteiger partial charge in [0.05, 0.1) is 6.20 Å². The van der Waals surface area contributed by atoms with Gasteiger partial charge in [0.25, 0.3) is 0 Å². The molecule has 1 heterocycles. The molecular weight excluding hydrogens is 316 g/mol. The Hall–Kier alpha value is -3.08. The number of benzene rings is 2. The lowest BCUT2D eigenvalue weighted by atomic mass is 10.0. The molecule has 25 heavy (non-hydrogen) atoms. The third kappa shape index (κ3) is 3.88. The highest BCUT2D eigenvalue weighted by molar-refractivity contribution is 6.11. The lowest BCUT2D eigenvalue weighted by Gasteiger charge is -2.13. The molecule has 2 aromatic carbocycles. The topological polar surface area (TPSA) is 56.9 Å². The first-order valence-electron chi connectivity index (χ1n) is 7.99. The second kappa shape index (κ2) is 7.66. The first kappa shape index (κ1) is 16.8. The van der Waals surface area contributed by atoms with Crippen molar-refractivity contribution in [3.63, 3.8) is 0 Å². The van der Waals surface area contributed by atoms with E-state index in [9.17, 15) is 0 Å². The summed E-state index contributed by atoms with van der Waals surface area (Å²) in [6.45, 7) is 4.50. The van der Waals surface area contributed by atoms with E-state index in [4.69, 9.17) is 14.1 Å². The average Bonchev–Trinajstić information content (AvgIpc) is 3.15. The Morgan fingerprint density at radius 1 is 1.12 bits per heavy atom. The summed E-state index contributed by atoms with van der Waals surface area (Å²) in [5, 5.41) is 7.86. The minimum absolute atomic E-state index is 0.414. The normalized spacial score (nSPS) is 11.4. The van der Waals surface area contributed by atoms with Crippen molar-refractivity contribution in [1.82, 2.24) is 5.16 Å². The summed E-state index contributed by atoms with van der Waals surface area (Å²) in [6.07, 6.45) is 1.58. The zero-order valence-electron chi connectivity index (χ0n) is 14.5. The molecule has 0 aliphatic rings. The molecule has 0 bridgehead atoms. The third-order valence-electron chi connectivity index (χ3n) is 3.85. The summed E-state index contributed by atoms with van der Waals surface area (Å²) in [4.78, 5) is 4.99. The van der Waals surface area contributed by atoms with Gasteiger partial charge in [0, 0.05) is 11.6 Å². The largest absolute Gasteiger partial charge is 0.489 e. The van der Waals surface area contributed by atoms with Crippen molar-refractivity contribution in [3.8, 4) is 5.75 Å². The first-order valence-corrected chi connectivity index (χ1v) is 7.99. The molecule has 5 heteroatoms. The van der Waals surface area contributed by atoms with Crippen LogP contribution in [0.15, 0.2) is 64.4 Å². The van der Waals surface area contributed by atoms with Crippen LogP contribution in [0.4, 0.5) is 0 Å². The number of rotatable bonds is 6. The lowest BCUT2D eigenvalue weighted by Crippen LogP contribution is -2.09. The van der Waals surface area contributed by atoms with Crippen molar-refractivity contribution in [1.29, 1.82) is 0 Å². The number of ether oxygens (including phenoxy) is 1. The van der Waals surface area contributed by atoms with Crippen molar-refractivity contribution < 1.29 is 14.1 Å². The molecule has 0 spiro atoms. The smallest absolute Gasteiger partial charge is 0.189 e. The first-order chi connectivity index (χ1) is 12.2. The SMILES string of the molecule is CO/N=C(\c1ccno1)c1ccccc1COc1cc(C)ccc1C. The average molecular weight is 336 g/mol. The molecule has 128 valence electrons. The molecule has 0 N–H and O–H groups in total. The molecule has 0 unspecified atom stereocenters. The Bertz CT molecular complexity index is 870. The lowest BCUT2D eigenvalue weighted by molar-refractivity contribution is 0.213. The van der Waals surface area contributed by atoms with Crippen LogP contribution in [-0.2, 0) is 11.4 Å². The van der Waals surface area contributed by atoms with Gasteiger partial charge in [0.15, 0.2) is 11.5 Å². The van der Waals surface area contributed by atoms with Crippen LogP contribution in [0.1, 0.15) is 28.0 Å². The van der Waals surface area contributed by atoms with Crippen molar-refractivity contribution in [2.24, 2.45) is 5.16 Å². The molecule has 5 nitrogen and oxygen atoms in total. The van der Waals surface area contributed by atoms with Gasteiger partial charge in [-0.1, -0.05) is 46.7 Å². The van der Waals surface area contributed by atoms with Gasteiger partial charge in [-0.05, 0) is 36.6 Å². The van der Waals surface area contributed by atoms with Crippen LogP contribution < -0.4 is 4.74 Å². The number of aromatic nitrogens is 1. The highest BCUT2D eigenvalue weighted by Crippen LogP contribution is 2.22. The number of hydrogen-bond donors (Lipinski definition) is 0. The van der Waals surface area contributed by atoms with E-state index in [0.717, 1.165) is 28.0 Å². The number of oxime groups is 1. The Balaban J connectivity index is 1.90. The Labute approximate surface area is 146 Å². The molecule has 0 aliphatic heterocycles. The Kier molecular flexibility index (Phi) is 5.14. The number of aryl methyl sites for hydroxylation is 2. The van der Waals surface area contributed by atoms with Gasteiger partial charge in [-0.25, -0.2) is 0 Å². The van der Waals surface area contributed by atoms with Crippen LogP contribution in [0.3, 0.4) is 0 Å². The third-order valence-corrected chi connectivity index (χ3v) is 3.85. The molecule has 0 radical (unpaired) electrons. The monoisotopic (exact) mass is 336 g/mol. The van der Waals surface area contributed by atoms with Crippen molar-refractivity contribution >= 4 is 5.71 Å². The molecule has 0 fully saturated rings. The van der Waals surface area contributed by atoms with Crippen LogP contribution in [0.5, 0.6) is 5.75 Å². The predicted octanol–water partition coefficient (Wildman–Crippen LogP) is 4.27. The van der Waals surface area contributed by atoms with E-state index in [2.05, 4.69) is 22.4 Å². The van der Waals surface area contributed by atoms with Gasteiger partial charge in [0.1, 0.15) is 19.5 Å². The van der Waals surface area contributed by atoms with Crippen molar-refractivity contribution in [2.75, 3.05) is 7.11 Å². The molecular formula is C20H20N2O3. The maximum Gasteiger partial charge on any atom is 0.189 e. The molecule has 0 amide bonds. The summed E-state index contributed by atoms with van der Waals surface area (Å²) >= 11 is 0. The van der Waals surface area contributed by atoms with E-state index in [1.165, 1.54) is 7.11 Å². The van der Waals surface area contributed by atoms with Crippen LogP contribution in [0.25, 0.3) is 0 Å². The summed E-state index contributed by atoms with van der Waals surface area (Å²) < 4.78 is 11.3. The summed E-state index contributed by atoms with van der Waals surface area (Å²) in [5.74, 6) is 1.42. The number of nitrogens with zero attached hydrogens (tertiary/aromatic N) is 2. The summed E-state index contributed by atoms with van der Waals surface area (Å²) in [6, 6.07) is 15.8. The van der Waals surface area contributed by atoms with Crippen LogP contribution in [0.2, 0.25) is 0 Å². The van der Waals surface area contributed by atoms with Gasteiger partial charge >= 0.3 is 0 Å². The molecule has 1 aromatic heterocycles. The standard InChI is InChI=1S/C20H20N2O3/c1-14-8-9-15(2)19(12-14)24-13-16-6-4-5-7-17(16)20(22-23-3)18-10-11-21-25-18/h4-12H,13H2,1-3H3/b22-20-. The van der Waals surface area contributed by atoms with Gasteiger partial charge < -0.3 is 14.1 Å². The fraction of sp³-hybridized carbons (Fsp3) is 0.200. The molecule has 0 atom stereocenters. The summed E-state index contributed by atoms with van der Waals surface area (Å²) in [5.41, 5.74) is 4.71. The zero-order valence-corrected chi connectivity index (χ0v) is 14.5. The Morgan fingerprint density at radius 3 is 2.72 bits per heavy atom. The zero-order chi connectivity index (χ0) is 17.6. The molecule has 0 saturated heterocycles. The van der Waals surface area contributed by atoms with Crippen molar-refractivity contribution in [2.45, 2.75) is 20.5 Å². The summed E-state index contributed by atoms with van der Waals surface area (Å²) in [7, 11) is 1.51. The van der Waals surface area contributed by atoms with E-state index < -0.39 is 0 Å². The fourth-order valence-corrected chi connectivity index (χ4v) is 2.55. The highest BCUT2D eigenvalue weighted by Gasteiger charge is 2.16. The van der Waals surface area contributed by atoms with E-state index in [0.29, 0.717) is 18.1 Å². The minimum atomic E-state index is 0.414. The minimum Gasteiger partial charge on any atom is -0.489 e. The molecule has 0 aliphatic carbocycles. The van der Waals surface area contributed by atoms with Gasteiger partial charge in [-0.2, -0.15) is 0 Å². The van der Waals surface area contributed by atoms with Gasteiger partial charge in [-0.3, -0.25) is 0 Å². The highest BCUT2D eigenvalue weighted by atomic mass is 16.6. The quantitative estimate of drug-likeness (QED) is 0.498.